The van der Waals surface area contributed by atoms with E-state index in [2.05, 4.69) is 0 Å². The maximum absolute atomic E-state index is 13.2. The van der Waals surface area contributed by atoms with Crippen molar-refractivity contribution >= 4 is 40.3 Å². The third kappa shape index (κ3) is 4.61. The van der Waals surface area contributed by atoms with E-state index in [9.17, 15) is 14.4 Å². The Kier molecular flexibility index (Phi) is 7.20. The van der Waals surface area contributed by atoms with Crippen molar-refractivity contribution in [2.24, 2.45) is 0 Å². The molecule has 0 saturated carbocycles. The van der Waals surface area contributed by atoms with Crippen LogP contribution < -0.4 is 4.74 Å². The van der Waals surface area contributed by atoms with Crippen LogP contribution in [0.5, 0.6) is 5.75 Å². The maximum atomic E-state index is 13.2. The van der Waals surface area contributed by atoms with Crippen LogP contribution in [0.15, 0.2) is 42.5 Å². The van der Waals surface area contributed by atoms with E-state index in [4.69, 9.17) is 26.2 Å². The summed E-state index contributed by atoms with van der Waals surface area (Å²) in [5.74, 6) is -1.65. The van der Waals surface area contributed by atoms with Crippen molar-refractivity contribution < 1.29 is 34.4 Å². The third-order valence-corrected chi connectivity index (χ3v) is 4.77. The molecule has 0 unspecified atom stereocenters. The van der Waals surface area contributed by atoms with E-state index in [1.165, 1.54) is 11.7 Å². The average Bonchev–Trinajstić information content (AvgIpc) is 2.97. The van der Waals surface area contributed by atoms with E-state index in [0.29, 0.717) is 38.5 Å². The number of carboxylic acid groups (broad SMARTS) is 1. The molecular formula is C21H20ClNO7. The van der Waals surface area contributed by atoms with Crippen molar-refractivity contribution in [1.29, 1.82) is 0 Å². The zero-order valence-corrected chi connectivity index (χ0v) is 17.0. The molecule has 0 aliphatic rings. The normalized spacial score (nSPS) is 10.4. The number of aromatic nitrogens is 1. The Morgan fingerprint density at radius 1 is 1.10 bits per heavy atom. The predicted octanol–water partition coefficient (Wildman–Crippen LogP) is 2.65. The summed E-state index contributed by atoms with van der Waals surface area (Å²) in [7, 11) is 1.52. The minimum absolute atomic E-state index is 0. The summed E-state index contributed by atoms with van der Waals surface area (Å²) in [6.45, 7) is 1.00. The number of halogens is 1. The van der Waals surface area contributed by atoms with Crippen LogP contribution in [0, 0.1) is 6.92 Å². The van der Waals surface area contributed by atoms with Crippen molar-refractivity contribution in [1.82, 2.24) is 4.57 Å². The fourth-order valence-electron chi connectivity index (χ4n) is 3.13. The highest BCUT2D eigenvalue weighted by Gasteiger charge is 2.22. The van der Waals surface area contributed by atoms with E-state index in [1.807, 2.05) is 0 Å². The molecule has 2 aromatic carbocycles. The first-order valence-corrected chi connectivity index (χ1v) is 9.05. The summed E-state index contributed by atoms with van der Waals surface area (Å²) in [6, 6.07) is 11.7. The van der Waals surface area contributed by atoms with Gasteiger partial charge >= 0.3 is 11.9 Å². The first kappa shape index (κ1) is 22.9. The highest BCUT2D eigenvalue weighted by molar-refractivity contribution is 6.30. The van der Waals surface area contributed by atoms with Gasteiger partial charge in [0.2, 0.25) is 0 Å². The molecule has 0 aliphatic heterocycles. The highest BCUT2D eigenvalue weighted by Crippen LogP contribution is 2.31. The topological polar surface area (TPSA) is 126 Å². The third-order valence-electron chi connectivity index (χ3n) is 4.51. The number of carbonyl (C=O) groups is 3. The molecular weight excluding hydrogens is 414 g/mol. The molecule has 8 nitrogen and oxygen atoms in total. The van der Waals surface area contributed by atoms with Crippen molar-refractivity contribution in [2.75, 3.05) is 13.7 Å². The number of rotatable bonds is 6. The standard InChI is InChI=1S/C21H18ClNO6.H2O/c1-12-16(10-20(26)29-11-19(24)25)17-9-15(28-2)7-8-18(17)23(12)21(27)13-3-5-14(22)6-4-13;/h3-9H,10-11H2,1-2H3,(H,24,25);1H2. The van der Waals surface area contributed by atoms with Crippen molar-refractivity contribution in [3.05, 3.63) is 64.3 Å². The Morgan fingerprint density at radius 3 is 2.37 bits per heavy atom. The quantitative estimate of drug-likeness (QED) is 0.595. The van der Waals surface area contributed by atoms with Gasteiger partial charge in [-0.25, -0.2) is 4.79 Å². The molecule has 0 radical (unpaired) electrons. The highest BCUT2D eigenvalue weighted by atomic mass is 35.5. The molecule has 1 aromatic heterocycles. The van der Waals surface area contributed by atoms with Crippen LogP contribution in [-0.4, -0.2) is 46.7 Å². The van der Waals surface area contributed by atoms with Crippen LogP contribution in [0.1, 0.15) is 21.6 Å². The largest absolute Gasteiger partial charge is 0.497 e. The molecule has 0 spiro atoms. The number of benzene rings is 2. The monoisotopic (exact) mass is 433 g/mol. The van der Waals surface area contributed by atoms with Gasteiger partial charge in [0.1, 0.15) is 5.75 Å². The molecule has 0 amide bonds. The molecule has 0 bridgehead atoms. The van der Waals surface area contributed by atoms with E-state index in [1.54, 1.807) is 49.4 Å². The minimum atomic E-state index is -1.24. The molecule has 0 atom stereocenters. The predicted molar refractivity (Wildman–Crippen MR) is 110 cm³/mol. The van der Waals surface area contributed by atoms with Crippen LogP contribution in [0.25, 0.3) is 10.9 Å². The lowest BCUT2D eigenvalue weighted by atomic mass is 10.1. The molecule has 0 aliphatic carbocycles. The number of esters is 1. The Labute approximate surface area is 176 Å². The van der Waals surface area contributed by atoms with Gasteiger partial charge in [-0.2, -0.15) is 0 Å². The lowest BCUT2D eigenvalue weighted by Gasteiger charge is -2.08. The fourth-order valence-corrected chi connectivity index (χ4v) is 3.26. The van der Waals surface area contributed by atoms with Crippen molar-refractivity contribution in [3.8, 4) is 5.75 Å². The zero-order valence-electron chi connectivity index (χ0n) is 16.3. The molecule has 30 heavy (non-hydrogen) atoms. The van der Waals surface area contributed by atoms with Crippen LogP contribution >= 0.6 is 11.6 Å². The van der Waals surface area contributed by atoms with E-state index >= 15 is 0 Å². The molecule has 158 valence electrons. The number of nitrogens with zero attached hydrogens (tertiary/aromatic N) is 1. The van der Waals surface area contributed by atoms with Gasteiger partial charge in [0.05, 0.1) is 19.0 Å². The van der Waals surface area contributed by atoms with Crippen molar-refractivity contribution in [3.63, 3.8) is 0 Å². The van der Waals surface area contributed by atoms with Gasteiger partial charge < -0.3 is 20.1 Å². The fraction of sp³-hybridized carbons (Fsp3) is 0.190. The first-order chi connectivity index (χ1) is 13.8. The number of carboxylic acids is 1. The van der Waals surface area contributed by atoms with E-state index in [-0.39, 0.29) is 17.8 Å². The first-order valence-electron chi connectivity index (χ1n) is 8.67. The number of carbonyl (C=O) groups excluding carboxylic acids is 2. The van der Waals surface area contributed by atoms with Gasteiger partial charge in [-0.15, -0.1) is 0 Å². The Bertz CT molecular complexity index is 1100. The SMILES string of the molecule is COc1ccc2c(c1)c(CC(=O)OCC(=O)O)c(C)n2C(=O)c1ccc(Cl)cc1.O. The summed E-state index contributed by atoms with van der Waals surface area (Å²) in [5.41, 5.74) is 2.16. The lowest BCUT2D eigenvalue weighted by Crippen LogP contribution is -2.16. The molecule has 0 saturated heterocycles. The maximum Gasteiger partial charge on any atom is 0.341 e. The van der Waals surface area contributed by atoms with Crippen LogP contribution in [0.2, 0.25) is 5.02 Å². The second-order valence-corrected chi connectivity index (χ2v) is 6.76. The van der Waals surface area contributed by atoms with E-state index < -0.39 is 18.5 Å². The van der Waals surface area contributed by atoms with Crippen molar-refractivity contribution in [2.45, 2.75) is 13.3 Å². The lowest BCUT2D eigenvalue weighted by molar-refractivity contribution is -0.154. The summed E-state index contributed by atoms with van der Waals surface area (Å²) < 4.78 is 11.5. The van der Waals surface area contributed by atoms with Crippen LogP contribution in [-0.2, 0) is 20.7 Å². The van der Waals surface area contributed by atoms with Gasteiger partial charge in [0.25, 0.3) is 5.91 Å². The molecule has 3 aromatic rings. The second kappa shape index (κ2) is 9.43. The second-order valence-electron chi connectivity index (χ2n) is 6.33. The Morgan fingerprint density at radius 2 is 1.77 bits per heavy atom. The summed E-state index contributed by atoms with van der Waals surface area (Å²) in [5, 5.41) is 9.86. The minimum Gasteiger partial charge on any atom is -0.497 e. The van der Waals surface area contributed by atoms with Crippen LogP contribution in [0.3, 0.4) is 0 Å². The number of ether oxygens (including phenoxy) is 2. The molecule has 9 heteroatoms. The van der Waals surface area contributed by atoms with E-state index in [0.717, 1.165) is 0 Å². The Hall–Kier alpha value is -3.36. The number of methoxy groups -OCH3 is 1. The number of aliphatic carboxylic acids is 1. The van der Waals surface area contributed by atoms with Gasteiger partial charge in [-0.3, -0.25) is 14.2 Å². The smallest absolute Gasteiger partial charge is 0.341 e. The molecule has 0 fully saturated rings. The molecule has 3 rings (SSSR count). The number of hydrogen-bond acceptors (Lipinski definition) is 5. The van der Waals surface area contributed by atoms with Gasteiger partial charge in [-0.1, -0.05) is 11.6 Å². The zero-order chi connectivity index (χ0) is 21.1. The summed E-state index contributed by atoms with van der Waals surface area (Å²) >= 11 is 5.91. The van der Waals surface area contributed by atoms with Gasteiger partial charge in [0, 0.05) is 21.7 Å². The summed E-state index contributed by atoms with van der Waals surface area (Å²) in [4.78, 5) is 35.9. The Balaban J connectivity index is 0.00000320. The molecule has 3 N–H and O–H groups in total. The van der Waals surface area contributed by atoms with Gasteiger partial charge in [0.15, 0.2) is 6.61 Å². The van der Waals surface area contributed by atoms with Crippen LogP contribution in [0.4, 0.5) is 0 Å². The summed E-state index contributed by atoms with van der Waals surface area (Å²) in [6.07, 6.45) is -0.177. The van der Waals surface area contributed by atoms with Gasteiger partial charge in [-0.05, 0) is 55.0 Å². The average molecular weight is 434 g/mol. The number of fused-ring (bicyclic) bond motifs is 1. The number of hydrogen-bond donors (Lipinski definition) is 1. The molecule has 1 heterocycles.